The first-order chi connectivity index (χ1) is 8.69. The third kappa shape index (κ3) is 2.99. The summed E-state index contributed by atoms with van der Waals surface area (Å²) >= 11 is 0. The molecule has 1 aliphatic heterocycles. The van der Waals surface area contributed by atoms with Gasteiger partial charge < -0.3 is 14.7 Å². The molecule has 1 aromatic carbocycles. The fourth-order valence-electron chi connectivity index (χ4n) is 1.75. The van der Waals surface area contributed by atoms with Crippen molar-refractivity contribution in [1.82, 2.24) is 4.90 Å². The molecule has 1 fully saturated rings. The lowest BCUT2D eigenvalue weighted by Gasteiger charge is -2.12. The van der Waals surface area contributed by atoms with Crippen molar-refractivity contribution in [2.45, 2.75) is 6.54 Å². The quantitative estimate of drug-likeness (QED) is 0.799. The lowest BCUT2D eigenvalue weighted by Crippen LogP contribution is -2.23. The van der Waals surface area contributed by atoms with Crippen molar-refractivity contribution in [3.05, 3.63) is 35.1 Å². The highest BCUT2D eigenvalue weighted by Crippen LogP contribution is 2.14. The molecule has 18 heavy (non-hydrogen) atoms. The van der Waals surface area contributed by atoms with Crippen LogP contribution in [0, 0.1) is 17.7 Å². The molecule has 2 rings (SSSR count). The molecule has 0 spiro atoms. The first kappa shape index (κ1) is 12.4. The van der Waals surface area contributed by atoms with E-state index in [9.17, 15) is 9.18 Å². The van der Waals surface area contributed by atoms with Crippen molar-refractivity contribution in [1.29, 1.82) is 0 Å². The number of amides is 1. The maximum atomic E-state index is 13.4. The van der Waals surface area contributed by atoms with Gasteiger partial charge in [-0.1, -0.05) is 11.8 Å². The fourth-order valence-corrected chi connectivity index (χ4v) is 1.75. The van der Waals surface area contributed by atoms with E-state index < -0.39 is 5.82 Å². The second-order valence-corrected chi connectivity index (χ2v) is 3.84. The van der Waals surface area contributed by atoms with Crippen LogP contribution in [0.2, 0.25) is 0 Å². The zero-order chi connectivity index (χ0) is 13.0. The number of aliphatic hydroxyl groups excluding tert-OH is 1. The number of carbonyl (C=O) groups excluding carboxylic acids is 1. The van der Waals surface area contributed by atoms with E-state index in [-0.39, 0.29) is 12.7 Å². The van der Waals surface area contributed by atoms with Crippen molar-refractivity contribution in [3.63, 3.8) is 0 Å². The minimum atomic E-state index is -0.415. The maximum Gasteiger partial charge on any atom is 0.410 e. The van der Waals surface area contributed by atoms with E-state index in [4.69, 9.17) is 9.84 Å². The largest absolute Gasteiger partial charge is 0.448 e. The monoisotopic (exact) mass is 249 g/mol. The first-order valence-electron chi connectivity index (χ1n) is 5.50. The molecule has 1 saturated heterocycles. The van der Waals surface area contributed by atoms with Gasteiger partial charge in [0.1, 0.15) is 19.0 Å². The average Bonchev–Trinajstić information content (AvgIpc) is 2.72. The van der Waals surface area contributed by atoms with Gasteiger partial charge in [-0.15, -0.1) is 0 Å². The minimum absolute atomic E-state index is 0.274. The number of hydrogen-bond acceptors (Lipinski definition) is 3. The van der Waals surface area contributed by atoms with Gasteiger partial charge in [0, 0.05) is 12.1 Å². The molecule has 5 heteroatoms. The van der Waals surface area contributed by atoms with Crippen LogP contribution in [0.1, 0.15) is 11.1 Å². The normalized spacial score (nSPS) is 14.1. The van der Waals surface area contributed by atoms with Crippen molar-refractivity contribution >= 4 is 6.09 Å². The Morgan fingerprint density at radius 2 is 2.28 bits per heavy atom. The molecule has 0 atom stereocenters. The Morgan fingerprint density at radius 3 is 2.94 bits per heavy atom. The zero-order valence-corrected chi connectivity index (χ0v) is 9.65. The van der Waals surface area contributed by atoms with Crippen LogP contribution >= 0.6 is 0 Å². The lowest BCUT2D eigenvalue weighted by atomic mass is 10.1. The molecular weight excluding hydrogens is 237 g/mol. The van der Waals surface area contributed by atoms with Crippen LogP contribution in [-0.2, 0) is 11.3 Å². The molecule has 1 aliphatic rings. The predicted molar refractivity (Wildman–Crippen MR) is 62.1 cm³/mol. The topological polar surface area (TPSA) is 49.8 Å². The van der Waals surface area contributed by atoms with Crippen molar-refractivity contribution in [2.24, 2.45) is 0 Å². The number of cyclic esters (lactones) is 1. The summed E-state index contributed by atoms with van der Waals surface area (Å²) in [6, 6.07) is 4.33. The average molecular weight is 249 g/mol. The van der Waals surface area contributed by atoms with Gasteiger partial charge in [-0.05, 0) is 23.8 Å². The molecule has 1 amide bonds. The number of rotatable bonds is 2. The van der Waals surface area contributed by atoms with Gasteiger partial charge in [-0.3, -0.25) is 0 Å². The molecule has 1 aromatic rings. The molecule has 4 nitrogen and oxygen atoms in total. The van der Waals surface area contributed by atoms with Crippen molar-refractivity contribution in [3.8, 4) is 11.8 Å². The summed E-state index contributed by atoms with van der Waals surface area (Å²) in [5.41, 5.74) is 1.13. The van der Waals surface area contributed by atoms with Gasteiger partial charge in [-0.25, -0.2) is 9.18 Å². The first-order valence-corrected chi connectivity index (χ1v) is 5.50. The smallest absolute Gasteiger partial charge is 0.410 e. The molecular formula is C13H12FNO3. The van der Waals surface area contributed by atoms with Gasteiger partial charge in [-0.2, -0.15) is 0 Å². The number of nitrogens with zero attached hydrogens (tertiary/aromatic N) is 1. The van der Waals surface area contributed by atoms with Gasteiger partial charge in [0.15, 0.2) is 0 Å². The highest BCUT2D eigenvalue weighted by atomic mass is 19.1. The van der Waals surface area contributed by atoms with Gasteiger partial charge >= 0.3 is 6.09 Å². The Morgan fingerprint density at radius 1 is 1.44 bits per heavy atom. The van der Waals surface area contributed by atoms with Gasteiger partial charge in [0.2, 0.25) is 0 Å². The summed E-state index contributed by atoms with van der Waals surface area (Å²) in [6.07, 6.45) is -0.387. The molecule has 1 N–H and O–H groups in total. The predicted octanol–water partition coefficient (Wildman–Crippen LogP) is 1.12. The Hall–Kier alpha value is -2.06. The van der Waals surface area contributed by atoms with Crippen LogP contribution in [0.5, 0.6) is 0 Å². The fraction of sp³-hybridized carbons (Fsp3) is 0.308. The molecule has 0 radical (unpaired) electrons. The molecule has 0 unspecified atom stereocenters. The number of aliphatic hydroxyl groups is 1. The van der Waals surface area contributed by atoms with Crippen LogP contribution in [-0.4, -0.2) is 35.9 Å². The third-order valence-corrected chi connectivity index (χ3v) is 2.49. The van der Waals surface area contributed by atoms with E-state index in [2.05, 4.69) is 11.8 Å². The Labute approximate surface area is 104 Å². The number of benzene rings is 1. The zero-order valence-electron chi connectivity index (χ0n) is 9.65. The third-order valence-electron chi connectivity index (χ3n) is 2.49. The van der Waals surface area contributed by atoms with E-state index in [1.807, 2.05) is 0 Å². The summed E-state index contributed by atoms with van der Waals surface area (Å²) < 4.78 is 18.2. The molecule has 1 heterocycles. The van der Waals surface area contributed by atoms with Crippen molar-refractivity contribution < 1.29 is 19.0 Å². The maximum absolute atomic E-state index is 13.4. The molecule has 0 aromatic heterocycles. The van der Waals surface area contributed by atoms with Crippen LogP contribution in [0.25, 0.3) is 0 Å². The second kappa shape index (κ2) is 5.52. The highest BCUT2D eigenvalue weighted by Gasteiger charge is 2.21. The summed E-state index contributed by atoms with van der Waals surface area (Å²) in [5.74, 6) is 4.68. The summed E-state index contributed by atoms with van der Waals surface area (Å²) in [5, 5.41) is 8.59. The molecule has 0 aliphatic carbocycles. The van der Waals surface area contributed by atoms with Crippen LogP contribution < -0.4 is 0 Å². The molecule has 0 saturated carbocycles. The number of hydrogen-bond donors (Lipinski definition) is 1. The van der Waals surface area contributed by atoms with Crippen LogP contribution in [0.3, 0.4) is 0 Å². The molecule has 0 bridgehead atoms. The Balaban J connectivity index is 2.17. The second-order valence-electron chi connectivity index (χ2n) is 3.84. The summed E-state index contributed by atoms with van der Waals surface area (Å²) in [6.45, 7) is 0.896. The van der Waals surface area contributed by atoms with Gasteiger partial charge in [0.25, 0.3) is 0 Å². The van der Waals surface area contributed by atoms with E-state index in [1.165, 1.54) is 17.0 Å². The minimum Gasteiger partial charge on any atom is -0.448 e. The number of halogens is 1. The van der Waals surface area contributed by atoms with Crippen molar-refractivity contribution in [2.75, 3.05) is 19.8 Å². The summed E-state index contributed by atoms with van der Waals surface area (Å²) in [7, 11) is 0. The standard InChI is InChI=1S/C13H12FNO3/c14-12-7-10(2-1-4-16)6-11(8-12)9-15-3-5-18-13(15)17/h6-8,16H,3-5,9H2. The highest BCUT2D eigenvalue weighted by molar-refractivity contribution is 5.69. The van der Waals surface area contributed by atoms with E-state index in [0.717, 1.165) is 0 Å². The Bertz CT molecular complexity index is 519. The molecule has 94 valence electrons. The van der Waals surface area contributed by atoms with Crippen LogP contribution in [0.15, 0.2) is 18.2 Å². The number of carbonyl (C=O) groups is 1. The van der Waals surface area contributed by atoms with Crippen LogP contribution in [0.4, 0.5) is 9.18 Å². The summed E-state index contributed by atoms with van der Waals surface area (Å²) in [4.78, 5) is 12.8. The number of ether oxygens (including phenoxy) is 1. The van der Waals surface area contributed by atoms with E-state index in [1.54, 1.807) is 6.07 Å². The van der Waals surface area contributed by atoms with Gasteiger partial charge in [0.05, 0.1) is 6.54 Å². The van der Waals surface area contributed by atoms with E-state index in [0.29, 0.717) is 30.8 Å². The lowest BCUT2D eigenvalue weighted by molar-refractivity contribution is 0.157. The SMILES string of the molecule is O=C1OCCN1Cc1cc(F)cc(C#CCO)c1. The van der Waals surface area contributed by atoms with E-state index >= 15 is 0 Å². The Kier molecular flexibility index (Phi) is 3.80.